The van der Waals surface area contributed by atoms with Crippen LogP contribution in [0.2, 0.25) is 5.02 Å². The number of rotatable bonds is 12. The summed E-state index contributed by atoms with van der Waals surface area (Å²) in [5.41, 5.74) is 0.321. The first-order chi connectivity index (χ1) is 14.7. The number of sulfonamides is 1. The fourth-order valence-electron chi connectivity index (χ4n) is 3.63. The maximum atomic E-state index is 13.3. The third kappa shape index (κ3) is 7.71. The van der Waals surface area contributed by atoms with Crippen LogP contribution >= 0.6 is 11.6 Å². The second-order valence-corrected chi connectivity index (χ2v) is 10.4. The second-order valence-electron chi connectivity index (χ2n) is 8.30. The molecule has 1 atom stereocenters. The number of amides is 1. The van der Waals surface area contributed by atoms with Crippen molar-refractivity contribution >= 4 is 27.5 Å². The van der Waals surface area contributed by atoms with Gasteiger partial charge in [0.05, 0.1) is 11.1 Å². The summed E-state index contributed by atoms with van der Waals surface area (Å²) in [6.45, 7) is 12.9. The topological polar surface area (TPSA) is 79.0 Å². The van der Waals surface area contributed by atoms with Crippen LogP contribution in [-0.4, -0.2) is 76.1 Å². The third-order valence-electron chi connectivity index (χ3n) is 5.45. The molecule has 0 bridgehead atoms. The number of hydrogen-bond donors (Lipinski definition) is 1. The van der Waals surface area contributed by atoms with Gasteiger partial charge in [-0.15, -0.1) is 0 Å². The first-order valence-corrected chi connectivity index (χ1v) is 13.0. The Kier molecular flexibility index (Phi) is 10.2. The van der Waals surface area contributed by atoms with Gasteiger partial charge in [0.1, 0.15) is 4.90 Å². The van der Waals surface area contributed by atoms with Gasteiger partial charge in [-0.05, 0) is 50.0 Å². The van der Waals surface area contributed by atoms with E-state index in [1.807, 2.05) is 0 Å². The van der Waals surface area contributed by atoms with Gasteiger partial charge in [0.25, 0.3) is 5.91 Å². The summed E-state index contributed by atoms with van der Waals surface area (Å²) in [6.07, 6.45) is 1.63. The number of nitrogens with one attached hydrogen (secondary N) is 1. The molecule has 9 heteroatoms. The number of benzene rings is 1. The Hall–Kier alpha value is -1.19. The Balaban J connectivity index is 2.19. The standard InChI is InChI=1S/C22H36ClN3O4S/c1-5-25(6-2)11-12-26(16-17(3)4)22(27)18-9-10-20(23)21(14-18)31(28,29)24-15-19-8-7-13-30-19/h9-10,14,17,19,24H,5-8,11-13,15-16H2,1-4H3. The Morgan fingerprint density at radius 2 is 1.97 bits per heavy atom. The minimum Gasteiger partial charge on any atom is -0.377 e. The molecule has 1 aromatic rings. The lowest BCUT2D eigenvalue weighted by molar-refractivity contribution is 0.0716. The van der Waals surface area contributed by atoms with Crippen molar-refractivity contribution < 1.29 is 17.9 Å². The molecule has 1 aliphatic heterocycles. The highest BCUT2D eigenvalue weighted by Gasteiger charge is 2.25. The Labute approximate surface area is 192 Å². The molecule has 1 aliphatic rings. The van der Waals surface area contributed by atoms with E-state index in [1.165, 1.54) is 12.1 Å². The van der Waals surface area contributed by atoms with Gasteiger partial charge < -0.3 is 14.5 Å². The number of halogens is 1. The van der Waals surface area contributed by atoms with Crippen molar-refractivity contribution in [2.45, 2.75) is 51.5 Å². The van der Waals surface area contributed by atoms with Crippen molar-refractivity contribution in [1.29, 1.82) is 0 Å². The normalized spacial score (nSPS) is 16.9. The molecule has 0 radical (unpaired) electrons. The first-order valence-electron chi connectivity index (χ1n) is 11.1. The van der Waals surface area contributed by atoms with Gasteiger partial charge in [0.15, 0.2) is 0 Å². The van der Waals surface area contributed by atoms with Crippen molar-refractivity contribution in [3.05, 3.63) is 28.8 Å². The molecule has 1 N–H and O–H groups in total. The molecular formula is C22H36ClN3O4S. The molecule has 0 spiro atoms. The highest BCUT2D eigenvalue weighted by Crippen LogP contribution is 2.24. The second kappa shape index (κ2) is 12.2. The van der Waals surface area contributed by atoms with Crippen LogP contribution in [0.5, 0.6) is 0 Å². The molecule has 1 aromatic carbocycles. The van der Waals surface area contributed by atoms with E-state index in [0.29, 0.717) is 31.2 Å². The fourth-order valence-corrected chi connectivity index (χ4v) is 5.22. The number of ether oxygens (including phenoxy) is 1. The van der Waals surface area contributed by atoms with Crippen molar-refractivity contribution in [2.24, 2.45) is 5.92 Å². The summed E-state index contributed by atoms with van der Waals surface area (Å²) >= 11 is 6.20. The Morgan fingerprint density at radius 3 is 2.55 bits per heavy atom. The van der Waals surface area contributed by atoms with E-state index in [4.69, 9.17) is 16.3 Å². The molecule has 7 nitrogen and oxygen atoms in total. The number of carbonyl (C=O) groups is 1. The van der Waals surface area contributed by atoms with Gasteiger partial charge in [-0.2, -0.15) is 0 Å². The molecule has 1 amide bonds. The largest absolute Gasteiger partial charge is 0.377 e. The van der Waals surface area contributed by atoms with Gasteiger partial charge in [0.2, 0.25) is 10.0 Å². The molecule has 1 heterocycles. The van der Waals surface area contributed by atoms with E-state index >= 15 is 0 Å². The van der Waals surface area contributed by atoms with E-state index < -0.39 is 10.0 Å². The Bertz CT molecular complexity index is 822. The zero-order chi connectivity index (χ0) is 23.0. The van der Waals surface area contributed by atoms with Crippen LogP contribution < -0.4 is 4.72 Å². The number of likely N-dealkylation sites (N-methyl/N-ethyl adjacent to an activating group) is 1. The molecule has 31 heavy (non-hydrogen) atoms. The third-order valence-corrected chi connectivity index (χ3v) is 7.35. The predicted octanol–water partition coefficient (Wildman–Crippen LogP) is 3.24. The molecule has 0 aromatic heterocycles. The zero-order valence-electron chi connectivity index (χ0n) is 19.1. The smallest absolute Gasteiger partial charge is 0.253 e. The number of hydrogen-bond acceptors (Lipinski definition) is 5. The molecule has 0 saturated carbocycles. The van der Waals surface area contributed by atoms with Crippen molar-refractivity contribution in [3.63, 3.8) is 0 Å². The molecular weight excluding hydrogens is 438 g/mol. The van der Waals surface area contributed by atoms with E-state index in [-0.39, 0.29) is 28.5 Å². The van der Waals surface area contributed by atoms with Crippen LogP contribution in [0, 0.1) is 5.92 Å². The molecule has 0 aliphatic carbocycles. The quantitative estimate of drug-likeness (QED) is 0.504. The Morgan fingerprint density at radius 1 is 1.26 bits per heavy atom. The van der Waals surface area contributed by atoms with Gasteiger partial charge in [-0.1, -0.05) is 39.3 Å². The van der Waals surface area contributed by atoms with Gasteiger partial charge >= 0.3 is 0 Å². The SMILES string of the molecule is CCN(CC)CCN(CC(C)C)C(=O)c1ccc(Cl)c(S(=O)(=O)NCC2CCCO2)c1. The lowest BCUT2D eigenvalue weighted by atomic mass is 10.1. The van der Waals surface area contributed by atoms with E-state index in [0.717, 1.165) is 32.5 Å². The molecule has 1 fully saturated rings. The summed E-state index contributed by atoms with van der Waals surface area (Å²) in [5, 5.41) is 0.0925. The van der Waals surface area contributed by atoms with E-state index in [9.17, 15) is 13.2 Å². The lowest BCUT2D eigenvalue weighted by Gasteiger charge is -2.28. The lowest BCUT2D eigenvalue weighted by Crippen LogP contribution is -2.40. The van der Waals surface area contributed by atoms with Gasteiger partial charge in [-0.3, -0.25) is 4.79 Å². The zero-order valence-corrected chi connectivity index (χ0v) is 20.6. The minimum atomic E-state index is -3.86. The van der Waals surface area contributed by atoms with Crippen LogP contribution in [0.15, 0.2) is 23.1 Å². The summed E-state index contributed by atoms with van der Waals surface area (Å²) in [5.74, 6) is 0.109. The monoisotopic (exact) mass is 473 g/mol. The van der Waals surface area contributed by atoms with Crippen LogP contribution in [0.1, 0.15) is 50.9 Å². The van der Waals surface area contributed by atoms with Crippen LogP contribution in [0.25, 0.3) is 0 Å². The molecule has 2 rings (SSSR count). The van der Waals surface area contributed by atoms with Gasteiger partial charge in [0, 0.05) is 38.3 Å². The maximum Gasteiger partial charge on any atom is 0.253 e. The van der Waals surface area contributed by atoms with Crippen LogP contribution in [-0.2, 0) is 14.8 Å². The average Bonchev–Trinajstić information content (AvgIpc) is 3.25. The van der Waals surface area contributed by atoms with Gasteiger partial charge in [-0.25, -0.2) is 13.1 Å². The highest BCUT2D eigenvalue weighted by molar-refractivity contribution is 7.89. The summed E-state index contributed by atoms with van der Waals surface area (Å²) < 4.78 is 33.7. The van der Waals surface area contributed by atoms with Crippen molar-refractivity contribution in [3.8, 4) is 0 Å². The molecule has 1 saturated heterocycles. The number of carbonyl (C=O) groups excluding carboxylic acids is 1. The van der Waals surface area contributed by atoms with Crippen LogP contribution in [0.4, 0.5) is 0 Å². The van der Waals surface area contributed by atoms with Crippen molar-refractivity contribution in [1.82, 2.24) is 14.5 Å². The molecule has 1 unspecified atom stereocenters. The molecule has 176 valence electrons. The fraction of sp³-hybridized carbons (Fsp3) is 0.682. The van der Waals surface area contributed by atoms with E-state index in [1.54, 1.807) is 11.0 Å². The van der Waals surface area contributed by atoms with Crippen LogP contribution in [0.3, 0.4) is 0 Å². The first kappa shape index (κ1) is 26.1. The average molecular weight is 474 g/mol. The number of nitrogens with zero attached hydrogens (tertiary/aromatic N) is 2. The maximum absolute atomic E-state index is 13.3. The summed E-state index contributed by atoms with van der Waals surface area (Å²) in [4.78, 5) is 17.2. The van der Waals surface area contributed by atoms with E-state index in [2.05, 4.69) is 37.3 Å². The summed E-state index contributed by atoms with van der Waals surface area (Å²) in [7, 11) is -3.86. The van der Waals surface area contributed by atoms with Crippen molar-refractivity contribution in [2.75, 3.05) is 45.9 Å². The highest BCUT2D eigenvalue weighted by atomic mass is 35.5. The predicted molar refractivity (Wildman–Crippen MR) is 124 cm³/mol. The summed E-state index contributed by atoms with van der Waals surface area (Å²) in [6, 6.07) is 4.45. The minimum absolute atomic E-state index is 0.0775.